The minimum absolute atomic E-state index is 0.401. The molecule has 9 nitrogen and oxygen atoms in total. The van der Waals surface area contributed by atoms with Gasteiger partial charge in [0.05, 0.1) is 18.5 Å². The number of anilines is 2. The minimum atomic E-state index is -1.02. The molecule has 3 aromatic rings. The zero-order valence-electron chi connectivity index (χ0n) is 15.5. The van der Waals surface area contributed by atoms with Crippen LogP contribution in [0.3, 0.4) is 0 Å². The average Bonchev–Trinajstić information content (AvgIpc) is 3.20. The van der Waals surface area contributed by atoms with Crippen molar-refractivity contribution in [2.75, 3.05) is 37.0 Å². The van der Waals surface area contributed by atoms with E-state index < -0.39 is 12.3 Å². The van der Waals surface area contributed by atoms with Crippen LogP contribution in [-0.4, -0.2) is 64.0 Å². The van der Waals surface area contributed by atoms with Gasteiger partial charge in [-0.3, -0.25) is 4.90 Å². The van der Waals surface area contributed by atoms with Crippen molar-refractivity contribution in [3.8, 4) is 0 Å². The van der Waals surface area contributed by atoms with Crippen LogP contribution < -0.4 is 10.2 Å². The van der Waals surface area contributed by atoms with Gasteiger partial charge in [-0.2, -0.15) is 9.97 Å². The van der Waals surface area contributed by atoms with Crippen molar-refractivity contribution in [1.82, 2.24) is 19.9 Å². The summed E-state index contributed by atoms with van der Waals surface area (Å²) in [5.41, 5.74) is 1.86. The van der Waals surface area contributed by atoms with Gasteiger partial charge in [0.25, 0.3) is 0 Å². The largest absolute Gasteiger partial charge is 0.465 e. The molecule has 1 aliphatic rings. The van der Waals surface area contributed by atoms with Gasteiger partial charge in [0.2, 0.25) is 5.95 Å². The molecule has 1 saturated heterocycles. The maximum absolute atomic E-state index is 11.3. The van der Waals surface area contributed by atoms with E-state index in [1.165, 1.54) is 11.9 Å². The first kappa shape index (κ1) is 18.1. The normalized spacial score (nSPS) is 16.9. The Bertz CT molecular complexity index is 961. The molecule has 2 aromatic heterocycles. The van der Waals surface area contributed by atoms with Gasteiger partial charge in [0, 0.05) is 26.3 Å². The van der Waals surface area contributed by atoms with Gasteiger partial charge >= 0.3 is 6.09 Å². The van der Waals surface area contributed by atoms with Gasteiger partial charge in [0.15, 0.2) is 6.23 Å². The molecular weight excluding hydrogens is 360 g/mol. The maximum atomic E-state index is 11.3. The monoisotopic (exact) mass is 382 g/mol. The average molecular weight is 382 g/mol. The van der Waals surface area contributed by atoms with Gasteiger partial charge < -0.3 is 25.0 Å². The van der Waals surface area contributed by atoms with Crippen LogP contribution in [0.2, 0.25) is 0 Å². The summed E-state index contributed by atoms with van der Waals surface area (Å²) in [6.45, 7) is 2.06. The second kappa shape index (κ2) is 7.73. The zero-order chi connectivity index (χ0) is 19.5. The summed E-state index contributed by atoms with van der Waals surface area (Å²) in [5, 5.41) is 13.4. The molecule has 0 saturated carbocycles. The van der Waals surface area contributed by atoms with E-state index in [1.54, 1.807) is 0 Å². The molecule has 1 aliphatic heterocycles. The number of H-pyrrole nitrogens is 1. The van der Waals surface area contributed by atoms with E-state index in [2.05, 4.69) is 15.3 Å². The maximum Gasteiger partial charge on any atom is 0.409 e. The number of hydrogen-bond acceptors (Lipinski definition) is 6. The lowest BCUT2D eigenvalue weighted by atomic mass is 10.2. The Hall–Kier alpha value is -3.33. The van der Waals surface area contributed by atoms with Crippen LogP contribution in [0.15, 0.2) is 42.6 Å². The van der Waals surface area contributed by atoms with Crippen LogP contribution in [0, 0.1) is 0 Å². The van der Waals surface area contributed by atoms with E-state index in [0.29, 0.717) is 32.2 Å². The first-order valence-electron chi connectivity index (χ1n) is 9.07. The predicted octanol–water partition coefficient (Wildman–Crippen LogP) is 2.34. The fourth-order valence-corrected chi connectivity index (χ4v) is 3.20. The molecular formula is C19H22N6O3. The van der Waals surface area contributed by atoms with Gasteiger partial charge in [-0.1, -0.05) is 30.3 Å². The number of amides is 1. The van der Waals surface area contributed by atoms with Crippen LogP contribution in [0.5, 0.6) is 0 Å². The Kier molecular flexibility index (Phi) is 4.98. The summed E-state index contributed by atoms with van der Waals surface area (Å²) in [7, 11) is 1.51. The molecule has 0 spiro atoms. The zero-order valence-corrected chi connectivity index (χ0v) is 15.5. The number of rotatable bonds is 5. The third kappa shape index (κ3) is 3.70. The minimum Gasteiger partial charge on any atom is -0.465 e. The molecule has 0 aliphatic carbocycles. The number of benzene rings is 1. The molecule has 28 heavy (non-hydrogen) atoms. The lowest BCUT2D eigenvalue weighted by molar-refractivity contribution is -0.0447. The standard InChI is InChI=1S/C19H22N6O3/c1-24(19(26)27)15-12-25(9-10-28-15)17-14-7-8-20-16(14)22-18(23-17)21-11-13-5-3-2-4-6-13/h2-8,15H,9-12H2,1H3,(H,26,27)(H2,20,21,22,23). The topological polar surface area (TPSA) is 107 Å². The Morgan fingerprint density at radius 2 is 2.18 bits per heavy atom. The number of nitrogens with zero attached hydrogens (tertiary/aromatic N) is 4. The Balaban J connectivity index is 1.59. The molecule has 1 fully saturated rings. The van der Waals surface area contributed by atoms with E-state index in [9.17, 15) is 9.90 Å². The van der Waals surface area contributed by atoms with E-state index in [0.717, 1.165) is 22.4 Å². The number of nitrogens with one attached hydrogen (secondary N) is 2. The molecule has 1 aromatic carbocycles. The van der Waals surface area contributed by atoms with Gasteiger partial charge in [-0.15, -0.1) is 0 Å². The predicted molar refractivity (Wildman–Crippen MR) is 105 cm³/mol. The molecule has 3 N–H and O–H groups in total. The lowest BCUT2D eigenvalue weighted by Crippen LogP contribution is -2.51. The summed E-state index contributed by atoms with van der Waals surface area (Å²) in [5.74, 6) is 1.28. The molecule has 9 heteroatoms. The van der Waals surface area contributed by atoms with Crippen molar-refractivity contribution in [2.45, 2.75) is 12.8 Å². The molecule has 4 rings (SSSR count). The molecule has 0 bridgehead atoms. The van der Waals surface area contributed by atoms with Gasteiger partial charge in [-0.05, 0) is 11.6 Å². The van der Waals surface area contributed by atoms with Crippen LogP contribution >= 0.6 is 0 Å². The number of ether oxygens (including phenoxy) is 1. The first-order chi connectivity index (χ1) is 13.6. The van der Waals surface area contributed by atoms with Crippen molar-refractivity contribution >= 4 is 28.9 Å². The highest BCUT2D eigenvalue weighted by atomic mass is 16.5. The van der Waals surface area contributed by atoms with Crippen molar-refractivity contribution in [3.05, 3.63) is 48.2 Å². The number of carbonyl (C=O) groups is 1. The number of aromatic amines is 1. The number of hydrogen-bond donors (Lipinski definition) is 3. The smallest absolute Gasteiger partial charge is 0.409 e. The molecule has 3 heterocycles. The van der Waals surface area contributed by atoms with Crippen molar-refractivity contribution in [2.24, 2.45) is 0 Å². The summed E-state index contributed by atoms with van der Waals surface area (Å²) < 4.78 is 5.62. The van der Waals surface area contributed by atoms with Crippen LogP contribution in [0.1, 0.15) is 5.56 Å². The first-order valence-corrected chi connectivity index (χ1v) is 9.07. The highest BCUT2D eigenvalue weighted by Crippen LogP contribution is 2.27. The number of aromatic nitrogens is 3. The number of fused-ring (bicyclic) bond motifs is 1. The Morgan fingerprint density at radius 1 is 1.36 bits per heavy atom. The lowest BCUT2D eigenvalue weighted by Gasteiger charge is -2.37. The quantitative estimate of drug-likeness (QED) is 0.622. The summed E-state index contributed by atoms with van der Waals surface area (Å²) >= 11 is 0. The molecule has 1 amide bonds. The van der Waals surface area contributed by atoms with Crippen LogP contribution in [0.4, 0.5) is 16.6 Å². The van der Waals surface area contributed by atoms with Gasteiger partial charge in [0.1, 0.15) is 11.5 Å². The SMILES string of the molecule is CN(C(=O)O)C1CN(c2nc(NCc3ccccc3)nc3[nH]ccc23)CCO1. The second-order valence-corrected chi connectivity index (χ2v) is 6.61. The van der Waals surface area contributed by atoms with E-state index in [1.807, 2.05) is 47.5 Å². The Labute approximate surface area is 162 Å². The third-order valence-corrected chi connectivity index (χ3v) is 4.77. The van der Waals surface area contributed by atoms with Crippen molar-refractivity contribution in [1.29, 1.82) is 0 Å². The molecule has 146 valence electrons. The fourth-order valence-electron chi connectivity index (χ4n) is 3.20. The molecule has 1 atom stereocenters. The summed E-state index contributed by atoms with van der Waals surface area (Å²) in [4.78, 5) is 26.9. The Morgan fingerprint density at radius 3 is 2.96 bits per heavy atom. The number of likely N-dealkylation sites (N-methyl/N-ethyl adjacent to an activating group) is 1. The number of carboxylic acid groups (broad SMARTS) is 1. The van der Waals surface area contributed by atoms with E-state index in [4.69, 9.17) is 9.72 Å². The third-order valence-electron chi connectivity index (χ3n) is 4.77. The fraction of sp³-hybridized carbons (Fsp3) is 0.316. The second-order valence-electron chi connectivity index (χ2n) is 6.61. The summed E-state index contributed by atoms with van der Waals surface area (Å²) in [6, 6.07) is 12.0. The van der Waals surface area contributed by atoms with Gasteiger partial charge in [-0.25, -0.2) is 4.79 Å². The molecule has 1 unspecified atom stereocenters. The molecule has 0 radical (unpaired) electrons. The van der Waals surface area contributed by atoms with E-state index >= 15 is 0 Å². The highest BCUT2D eigenvalue weighted by molar-refractivity contribution is 5.88. The highest BCUT2D eigenvalue weighted by Gasteiger charge is 2.28. The van der Waals surface area contributed by atoms with Crippen LogP contribution in [0.25, 0.3) is 11.0 Å². The van der Waals surface area contributed by atoms with E-state index in [-0.39, 0.29) is 0 Å². The van der Waals surface area contributed by atoms with Crippen LogP contribution in [-0.2, 0) is 11.3 Å². The summed E-state index contributed by atoms with van der Waals surface area (Å²) in [6.07, 6.45) is 0.257. The van der Waals surface area contributed by atoms with Crippen molar-refractivity contribution < 1.29 is 14.6 Å². The number of morpholine rings is 1. The van der Waals surface area contributed by atoms with Crippen molar-refractivity contribution in [3.63, 3.8) is 0 Å².